The molecule has 0 saturated heterocycles. The Hall–Kier alpha value is -4.33. The van der Waals surface area contributed by atoms with Gasteiger partial charge in [-0.05, 0) is 85.1 Å². The molecule has 41 heavy (non-hydrogen) atoms. The van der Waals surface area contributed by atoms with Gasteiger partial charge >= 0.3 is 0 Å². The first-order chi connectivity index (χ1) is 19.8. The number of carbonyl (C=O) groups is 3. The highest BCUT2D eigenvalue weighted by atomic mass is 35.5. The van der Waals surface area contributed by atoms with Gasteiger partial charge in [-0.3, -0.25) is 14.4 Å². The Morgan fingerprint density at radius 3 is 2.20 bits per heavy atom. The second kappa shape index (κ2) is 14.3. The van der Waals surface area contributed by atoms with Crippen molar-refractivity contribution in [2.45, 2.75) is 30.4 Å². The smallest absolute Gasteiger partial charge is 0.272 e. The first-order valence-corrected chi connectivity index (χ1v) is 14.4. The molecule has 6 nitrogen and oxygen atoms in total. The van der Waals surface area contributed by atoms with Crippen molar-refractivity contribution in [1.82, 2.24) is 5.32 Å². The predicted octanol–water partition coefficient (Wildman–Crippen LogP) is 7.57. The number of anilines is 2. The van der Waals surface area contributed by atoms with Crippen LogP contribution in [0.1, 0.15) is 34.8 Å². The largest absolute Gasteiger partial charge is 0.325 e. The lowest BCUT2D eigenvalue weighted by Crippen LogP contribution is -2.30. The van der Waals surface area contributed by atoms with E-state index in [4.69, 9.17) is 11.6 Å². The molecule has 0 heterocycles. The maximum absolute atomic E-state index is 13.4. The molecule has 0 aliphatic rings. The van der Waals surface area contributed by atoms with Gasteiger partial charge in [-0.1, -0.05) is 67.1 Å². The molecule has 0 spiro atoms. The molecular weight excluding hydrogens is 554 g/mol. The minimum atomic E-state index is -0.490. The summed E-state index contributed by atoms with van der Waals surface area (Å²) < 4.78 is 0. The number of rotatable bonds is 10. The van der Waals surface area contributed by atoms with E-state index in [1.54, 1.807) is 60.7 Å². The van der Waals surface area contributed by atoms with E-state index < -0.39 is 11.8 Å². The number of benzene rings is 4. The summed E-state index contributed by atoms with van der Waals surface area (Å²) in [5.41, 5.74) is 3.55. The Kier molecular flexibility index (Phi) is 10.4. The van der Waals surface area contributed by atoms with Crippen molar-refractivity contribution >= 4 is 58.5 Å². The van der Waals surface area contributed by atoms with Crippen LogP contribution in [0.5, 0.6) is 0 Å². The first kappa shape index (κ1) is 29.6. The number of carbonyl (C=O) groups excluding carboxylic acids is 3. The van der Waals surface area contributed by atoms with E-state index in [1.807, 2.05) is 62.4 Å². The van der Waals surface area contributed by atoms with Crippen LogP contribution in [0.4, 0.5) is 11.4 Å². The van der Waals surface area contributed by atoms with Crippen molar-refractivity contribution in [3.63, 3.8) is 0 Å². The van der Waals surface area contributed by atoms with E-state index >= 15 is 0 Å². The fourth-order valence-electron chi connectivity index (χ4n) is 3.95. The number of aryl methyl sites for hydroxylation is 1. The molecule has 1 atom stereocenters. The summed E-state index contributed by atoms with van der Waals surface area (Å²) in [6.45, 7) is 3.94. The van der Waals surface area contributed by atoms with Crippen LogP contribution in [0.25, 0.3) is 6.08 Å². The second-order valence-electron chi connectivity index (χ2n) is 9.29. The molecule has 0 radical (unpaired) electrons. The van der Waals surface area contributed by atoms with Gasteiger partial charge in [0, 0.05) is 26.9 Å². The van der Waals surface area contributed by atoms with Gasteiger partial charge in [-0.25, -0.2) is 0 Å². The van der Waals surface area contributed by atoms with Gasteiger partial charge in [0.1, 0.15) is 5.70 Å². The Morgan fingerprint density at radius 2 is 1.51 bits per heavy atom. The number of hydrogen-bond donors (Lipinski definition) is 3. The van der Waals surface area contributed by atoms with Crippen LogP contribution < -0.4 is 16.0 Å². The van der Waals surface area contributed by atoms with Gasteiger partial charge in [-0.15, -0.1) is 11.8 Å². The van der Waals surface area contributed by atoms with Crippen molar-refractivity contribution in [2.24, 2.45) is 0 Å². The zero-order valence-corrected chi connectivity index (χ0v) is 24.3. The van der Waals surface area contributed by atoms with Crippen LogP contribution in [0.3, 0.4) is 0 Å². The normalized spacial score (nSPS) is 11.8. The minimum Gasteiger partial charge on any atom is -0.325 e. The van der Waals surface area contributed by atoms with E-state index in [-0.39, 0.29) is 16.9 Å². The summed E-state index contributed by atoms with van der Waals surface area (Å²) in [4.78, 5) is 40.1. The van der Waals surface area contributed by atoms with Crippen LogP contribution in [0.15, 0.2) is 114 Å². The summed E-state index contributed by atoms with van der Waals surface area (Å²) in [5.74, 6) is -0.986. The first-order valence-electron chi connectivity index (χ1n) is 13.1. The van der Waals surface area contributed by atoms with Crippen LogP contribution in [-0.4, -0.2) is 23.0 Å². The van der Waals surface area contributed by atoms with E-state index in [1.165, 1.54) is 11.8 Å². The molecule has 3 amide bonds. The van der Waals surface area contributed by atoms with Gasteiger partial charge in [0.15, 0.2) is 0 Å². The number of nitrogens with one attached hydrogen (secondary N) is 3. The minimum absolute atomic E-state index is 0.0724. The topological polar surface area (TPSA) is 87.3 Å². The highest BCUT2D eigenvalue weighted by Gasteiger charge is 2.19. The molecular formula is C33H30ClN3O3S. The van der Waals surface area contributed by atoms with Gasteiger partial charge in [-0.2, -0.15) is 0 Å². The van der Waals surface area contributed by atoms with Gasteiger partial charge in [0.25, 0.3) is 11.8 Å². The SMILES string of the molecule is CCC(Sc1cccc(NC(=O)/C(=C/c2ccc(Cl)cc2)NC(=O)c2ccccc2)c1)C(=O)Nc1cccc(C)c1. The molecule has 0 fully saturated rings. The monoisotopic (exact) mass is 583 g/mol. The lowest BCUT2D eigenvalue weighted by molar-refractivity contribution is -0.116. The van der Waals surface area contributed by atoms with Crippen LogP contribution >= 0.6 is 23.4 Å². The zero-order chi connectivity index (χ0) is 29.2. The molecule has 8 heteroatoms. The third-order valence-electron chi connectivity index (χ3n) is 6.03. The molecule has 0 aliphatic carbocycles. The lowest BCUT2D eigenvalue weighted by atomic mass is 10.1. The van der Waals surface area contributed by atoms with Crippen LogP contribution in [-0.2, 0) is 9.59 Å². The Morgan fingerprint density at radius 1 is 0.829 bits per heavy atom. The van der Waals surface area contributed by atoms with Crippen molar-refractivity contribution in [2.75, 3.05) is 10.6 Å². The maximum atomic E-state index is 13.4. The summed E-state index contributed by atoms with van der Waals surface area (Å²) >= 11 is 7.43. The lowest BCUT2D eigenvalue weighted by Gasteiger charge is -2.16. The molecule has 4 aromatic rings. The fourth-order valence-corrected chi connectivity index (χ4v) is 5.09. The standard InChI is InChI=1S/C33H30ClN3O3S/c1-3-30(33(40)36-26-12-7-9-22(2)19-26)41-28-14-8-13-27(21-28)35-32(39)29(20-23-15-17-25(34)18-16-23)37-31(38)24-10-5-4-6-11-24/h4-21,30H,3H2,1-2H3,(H,35,39)(H,36,40)(H,37,38)/b29-20-. The average molecular weight is 584 g/mol. The highest BCUT2D eigenvalue weighted by molar-refractivity contribution is 8.00. The Labute approximate surface area is 249 Å². The summed E-state index contributed by atoms with van der Waals surface area (Å²) in [6.07, 6.45) is 2.21. The van der Waals surface area contributed by atoms with E-state index in [0.717, 1.165) is 16.1 Å². The average Bonchev–Trinajstić information content (AvgIpc) is 2.97. The van der Waals surface area contributed by atoms with Gasteiger partial charge < -0.3 is 16.0 Å². The molecule has 1 unspecified atom stereocenters. The van der Waals surface area contributed by atoms with Crippen LogP contribution in [0, 0.1) is 6.92 Å². The van der Waals surface area contributed by atoms with Crippen molar-refractivity contribution in [3.05, 3.63) is 131 Å². The fraction of sp³-hybridized carbons (Fsp3) is 0.121. The zero-order valence-electron chi connectivity index (χ0n) is 22.7. The number of thioether (sulfide) groups is 1. The number of halogens is 1. The number of hydrogen-bond acceptors (Lipinski definition) is 4. The van der Waals surface area contributed by atoms with Gasteiger partial charge in [0.05, 0.1) is 5.25 Å². The molecule has 3 N–H and O–H groups in total. The molecule has 4 aromatic carbocycles. The summed E-state index contributed by atoms with van der Waals surface area (Å²) in [7, 11) is 0. The molecule has 0 bridgehead atoms. The van der Waals surface area contributed by atoms with E-state index in [9.17, 15) is 14.4 Å². The van der Waals surface area contributed by atoms with Crippen molar-refractivity contribution in [3.8, 4) is 0 Å². The van der Waals surface area contributed by atoms with E-state index in [2.05, 4.69) is 16.0 Å². The highest BCUT2D eigenvalue weighted by Crippen LogP contribution is 2.29. The Bertz CT molecular complexity index is 1560. The van der Waals surface area contributed by atoms with Crippen molar-refractivity contribution in [1.29, 1.82) is 0 Å². The molecule has 4 rings (SSSR count). The number of amides is 3. The third kappa shape index (κ3) is 8.83. The molecule has 0 aromatic heterocycles. The Balaban J connectivity index is 1.49. The molecule has 0 aliphatic heterocycles. The van der Waals surface area contributed by atoms with Gasteiger partial charge in [0.2, 0.25) is 5.91 Å². The summed E-state index contributed by atoms with van der Waals surface area (Å²) in [5, 5.41) is 8.83. The van der Waals surface area contributed by atoms with E-state index in [0.29, 0.717) is 28.3 Å². The van der Waals surface area contributed by atoms with Crippen LogP contribution in [0.2, 0.25) is 5.02 Å². The second-order valence-corrected chi connectivity index (χ2v) is 11.0. The van der Waals surface area contributed by atoms with Crippen molar-refractivity contribution < 1.29 is 14.4 Å². The maximum Gasteiger partial charge on any atom is 0.272 e. The molecule has 0 saturated carbocycles. The summed E-state index contributed by atoms with van der Waals surface area (Å²) in [6, 6.07) is 30.6. The molecule has 208 valence electrons. The third-order valence-corrected chi connectivity index (χ3v) is 7.64. The predicted molar refractivity (Wildman–Crippen MR) is 168 cm³/mol. The quantitative estimate of drug-likeness (QED) is 0.133.